The number of aryl methyl sites for hydroxylation is 1. The molecular formula is C14H16KN4O4. The van der Waals surface area contributed by atoms with Crippen molar-refractivity contribution in [2.75, 3.05) is 0 Å². The molecule has 2 aromatic heterocycles. The molecule has 23 heavy (non-hydrogen) atoms. The van der Waals surface area contributed by atoms with Crippen molar-refractivity contribution < 1.29 is 19.5 Å². The molecule has 3 heterocycles. The van der Waals surface area contributed by atoms with Crippen LogP contribution in [0.25, 0.3) is 0 Å². The summed E-state index contributed by atoms with van der Waals surface area (Å²) in [6.07, 6.45) is 5.38. The van der Waals surface area contributed by atoms with Crippen LogP contribution in [-0.2, 0) is 21.7 Å². The first-order valence-corrected chi connectivity index (χ1v) is 6.62. The van der Waals surface area contributed by atoms with Crippen LogP contribution in [0.1, 0.15) is 12.6 Å². The van der Waals surface area contributed by atoms with Gasteiger partial charge in [0.05, 0.1) is 5.69 Å². The fourth-order valence-corrected chi connectivity index (χ4v) is 2.05. The maximum atomic E-state index is 11.6. The van der Waals surface area contributed by atoms with Crippen molar-refractivity contribution in [2.24, 2.45) is 0 Å². The molecule has 117 valence electrons. The minimum absolute atomic E-state index is 0. The summed E-state index contributed by atoms with van der Waals surface area (Å²) in [5.74, 6) is -2.08. The van der Waals surface area contributed by atoms with Crippen molar-refractivity contribution in [3.63, 3.8) is 0 Å². The number of hydrogen-bond donors (Lipinski definition) is 4. The van der Waals surface area contributed by atoms with Crippen molar-refractivity contribution >= 4 is 69.2 Å². The van der Waals surface area contributed by atoms with Gasteiger partial charge in [0.1, 0.15) is 0 Å². The van der Waals surface area contributed by atoms with Gasteiger partial charge in [-0.2, -0.15) is 0 Å². The number of aromatic amines is 1. The number of barbiturate groups is 1. The molecule has 1 radical (unpaired) electrons. The average molecular weight is 343 g/mol. The number of aromatic nitrogens is 2. The summed E-state index contributed by atoms with van der Waals surface area (Å²) in [4.78, 5) is 37.1. The third-order valence-corrected chi connectivity index (χ3v) is 3.15. The van der Waals surface area contributed by atoms with Gasteiger partial charge in [0.25, 0.3) is 17.4 Å². The van der Waals surface area contributed by atoms with E-state index in [4.69, 9.17) is 0 Å². The Kier molecular flexibility index (Phi) is 7.38. The van der Waals surface area contributed by atoms with Gasteiger partial charge in [-0.3, -0.25) is 20.2 Å². The van der Waals surface area contributed by atoms with Crippen molar-refractivity contribution in [3.05, 3.63) is 48.5 Å². The van der Waals surface area contributed by atoms with Gasteiger partial charge >= 0.3 is 6.03 Å². The number of urea groups is 1. The molecule has 0 atom stereocenters. The van der Waals surface area contributed by atoms with Crippen LogP contribution in [0.5, 0.6) is 0 Å². The first-order chi connectivity index (χ1) is 10.5. The van der Waals surface area contributed by atoms with Crippen LogP contribution in [0.4, 0.5) is 4.79 Å². The van der Waals surface area contributed by atoms with Crippen LogP contribution in [0.3, 0.4) is 0 Å². The Morgan fingerprint density at radius 2 is 1.65 bits per heavy atom. The van der Waals surface area contributed by atoms with Gasteiger partial charge in [-0.1, -0.05) is 0 Å². The number of rotatable bonds is 2. The van der Waals surface area contributed by atoms with E-state index in [0.717, 1.165) is 0 Å². The summed E-state index contributed by atoms with van der Waals surface area (Å²) in [5.41, 5.74) is -2.24. The second-order valence-corrected chi connectivity index (χ2v) is 4.51. The van der Waals surface area contributed by atoms with Crippen LogP contribution in [0.15, 0.2) is 42.9 Å². The predicted octanol–water partition coefficient (Wildman–Crippen LogP) is -0.304. The summed E-state index contributed by atoms with van der Waals surface area (Å²) in [5, 5.41) is 13.9. The van der Waals surface area contributed by atoms with Crippen LogP contribution in [0, 0.1) is 0 Å². The molecule has 1 saturated heterocycles. The molecule has 4 amide bonds. The fraction of sp³-hybridized carbons (Fsp3) is 0.214. The van der Waals surface area contributed by atoms with Crippen molar-refractivity contribution in [3.8, 4) is 0 Å². The Bertz CT molecular complexity index is 644. The molecule has 1 aliphatic rings. The molecule has 1 aliphatic heterocycles. The Balaban J connectivity index is 0.000000377. The predicted molar refractivity (Wildman–Crippen MR) is 82.2 cm³/mol. The summed E-state index contributed by atoms with van der Waals surface area (Å²) in [6, 6.07) is 6.02. The van der Waals surface area contributed by atoms with Crippen molar-refractivity contribution in [1.29, 1.82) is 0 Å². The van der Waals surface area contributed by atoms with Crippen LogP contribution in [0.2, 0.25) is 0 Å². The van der Waals surface area contributed by atoms with Crippen LogP contribution < -0.4 is 10.6 Å². The number of H-pyrrole nitrogens is 1. The summed E-state index contributed by atoms with van der Waals surface area (Å²) >= 11 is 0. The van der Waals surface area contributed by atoms with E-state index in [-0.39, 0.29) is 57.1 Å². The molecule has 0 aromatic carbocycles. The van der Waals surface area contributed by atoms with Crippen LogP contribution in [-0.4, -0.2) is 83.9 Å². The Morgan fingerprint density at radius 3 is 2.09 bits per heavy atom. The van der Waals surface area contributed by atoms with E-state index in [1.165, 1.54) is 6.07 Å². The zero-order valence-electron chi connectivity index (χ0n) is 12.9. The van der Waals surface area contributed by atoms with Gasteiger partial charge in [0.2, 0.25) is 0 Å². The summed E-state index contributed by atoms with van der Waals surface area (Å²) < 4.78 is 1.55. The van der Waals surface area contributed by atoms with E-state index in [9.17, 15) is 19.5 Å². The van der Waals surface area contributed by atoms with E-state index in [0.29, 0.717) is 6.54 Å². The zero-order chi connectivity index (χ0) is 16.2. The second-order valence-electron chi connectivity index (χ2n) is 4.51. The number of nitrogens with zero attached hydrogens (tertiary/aromatic N) is 1. The largest absolute Gasteiger partial charge is 0.368 e. The average Bonchev–Trinajstić information content (AvgIpc) is 3.18. The smallest absolute Gasteiger partial charge is 0.328 e. The topological polar surface area (TPSA) is 116 Å². The number of carbonyl (C=O) groups excluding carboxylic acids is 3. The van der Waals surface area contributed by atoms with E-state index >= 15 is 0 Å². The summed E-state index contributed by atoms with van der Waals surface area (Å²) in [6.45, 7) is 2.29. The first-order valence-electron chi connectivity index (χ1n) is 6.62. The SMILES string of the molecule is CCn1cccc1C1(O)C(=O)NC(=O)NC1=O.[K].c1cc[nH]c1. The quantitative estimate of drug-likeness (QED) is 0.442. The maximum Gasteiger partial charge on any atom is 0.328 e. The molecule has 1 fully saturated rings. The molecule has 8 nitrogen and oxygen atoms in total. The van der Waals surface area contributed by atoms with E-state index in [2.05, 4.69) is 4.98 Å². The van der Waals surface area contributed by atoms with Crippen molar-refractivity contribution in [1.82, 2.24) is 20.2 Å². The fourth-order valence-electron chi connectivity index (χ4n) is 2.05. The molecule has 0 saturated carbocycles. The minimum atomic E-state index is -2.37. The molecule has 0 bridgehead atoms. The number of nitrogens with one attached hydrogen (secondary N) is 3. The standard InChI is InChI=1S/C10H11N3O4.C4H5N.K/c1-2-13-5-3-4-6(13)10(17)7(14)11-9(16)12-8(10)15;1-2-4-5-3-1;/h3-5,17H,2H2,1H3,(H2,11,12,14,15,16);1-5H;. The van der Waals surface area contributed by atoms with Gasteiger partial charge < -0.3 is 14.7 Å². The Hall–Kier alpha value is -1.23. The number of imide groups is 2. The van der Waals surface area contributed by atoms with E-state index in [1.54, 1.807) is 23.8 Å². The molecule has 4 N–H and O–H groups in total. The Morgan fingerprint density at radius 1 is 1.09 bits per heavy atom. The van der Waals surface area contributed by atoms with Gasteiger partial charge in [0, 0.05) is 76.5 Å². The molecule has 3 rings (SSSR count). The van der Waals surface area contributed by atoms with Gasteiger partial charge in [-0.25, -0.2) is 4.79 Å². The maximum absolute atomic E-state index is 11.6. The van der Waals surface area contributed by atoms with Gasteiger partial charge in [-0.05, 0) is 31.2 Å². The molecule has 9 heteroatoms. The van der Waals surface area contributed by atoms with E-state index < -0.39 is 23.4 Å². The number of carbonyl (C=O) groups is 3. The van der Waals surface area contributed by atoms with Crippen molar-refractivity contribution in [2.45, 2.75) is 19.1 Å². The third-order valence-electron chi connectivity index (χ3n) is 3.15. The minimum Gasteiger partial charge on any atom is -0.368 e. The molecule has 0 spiro atoms. The monoisotopic (exact) mass is 343 g/mol. The molecule has 0 aliphatic carbocycles. The van der Waals surface area contributed by atoms with Gasteiger partial charge in [0.15, 0.2) is 0 Å². The normalized spacial score (nSPS) is 15.7. The second kappa shape index (κ2) is 8.57. The summed E-state index contributed by atoms with van der Waals surface area (Å²) in [7, 11) is 0. The zero-order valence-corrected chi connectivity index (χ0v) is 16.0. The Labute approximate surface area is 175 Å². The molecule has 0 unspecified atom stereocenters. The van der Waals surface area contributed by atoms with Crippen LogP contribution >= 0.6 is 0 Å². The van der Waals surface area contributed by atoms with Gasteiger partial charge in [-0.15, -0.1) is 0 Å². The van der Waals surface area contributed by atoms with E-state index in [1.807, 2.05) is 35.2 Å². The number of hydrogen-bond acceptors (Lipinski definition) is 4. The third kappa shape index (κ3) is 4.19. The molecular weight excluding hydrogens is 327 g/mol. The number of amides is 4. The molecule has 2 aromatic rings. The number of aliphatic hydroxyl groups is 1. The first kappa shape index (κ1) is 19.8.